The number of nitrogens with one attached hydrogen (secondary N) is 1. The van der Waals surface area contributed by atoms with Crippen molar-refractivity contribution in [1.82, 2.24) is 5.32 Å². The molecule has 1 N–H and O–H groups in total. The van der Waals surface area contributed by atoms with Gasteiger partial charge in [-0.25, -0.2) is 8.42 Å². The zero-order valence-corrected chi connectivity index (χ0v) is 11.0. The highest BCUT2D eigenvalue weighted by atomic mass is 35.5. The molecule has 12 heteroatoms. The highest BCUT2D eigenvalue weighted by Crippen LogP contribution is 2.39. The molecule has 4 nitrogen and oxygen atoms in total. The Morgan fingerprint density at radius 1 is 1.10 bits per heavy atom. The van der Waals surface area contributed by atoms with E-state index in [-0.39, 0.29) is 0 Å². The first kappa shape index (κ1) is 17.3. The summed E-state index contributed by atoms with van der Waals surface area (Å²) in [6, 6.07) is -1.48. The summed E-state index contributed by atoms with van der Waals surface area (Å²) in [5.41, 5.74) is 0. The van der Waals surface area contributed by atoms with Crippen LogP contribution in [0.25, 0.3) is 0 Å². The molecule has 1 fully saturated rings. The summed E-state index contributed by atoms with van der Waals surface area (Å²) in [5, 5.41) is 0.135. The first-order valence-corrected chi connectivity index (χ1v) is 7.28. The van der Waals surface area contributed by atoms with Gasteiger partial charge in [-0.2, -0.15) is 26.3 Å². The van der Waals surface area contributed by atoms with Gasteiger partial charge >= 0.3 is 12.4 Å². The molecule has 0 aromatic rings. The second-order valence-corrected chi connectivity index (χ2v) is 6.94. The average molecular weight is 348 g/mol. The predicted molar refractivity (Wildman–Crippen MR) is 55.8 cm³/mol. The quantitative estimate of drug-likeness (QED) is 0.604. The Morgan fingerprint density at radius 2 is 1.55 bits per heavy atom. The molecule has 0 aliphatic carbocycles. The van der Waals surface area contributed by atoms with Crippen molar-refractivity contribution in [2.75, 3.05) is 11.5 Å². The van der Waals surface area contributed by atoms with Gasteiger partial charge in [-0.1, -0.05) is 0 Å². The van der Waals surface area contributed by atoms with E-state index < -0.39 is 56.9 Å². The van der Waals surface area contributed by atoms with Crippen LogP contribution in [0.15, 0.2) is 0 Å². The van der Waals surface area contributed by atoms with Crippen LogP contribution in [-0.4, -0.2) is 49.6 Å². The number of amides is 1. The molecule has 1 rings (SSSR count). The molecule has 20 heavy (non-hydrogen) atoms. The third-order valence-corrected chi connectivity index (χ3v) is 4.90. The summed E-state index contributed by atoms with van der Waals surface area (Å²) in [6.07, 6.45) is -11.7. The van der Waals surface area contributed by atoms with E-state index in [1.807, 2.05) is 0 Å². The zero-order valence-electron chi connectivity index (χ0n) is 9.43. The highest BCUT2D eigenvalue weighted by Gasteiger charge is 2.61. The van der Waals surface area contributed by atoms with Gasteiger partial charge in [-0.3, -0.25) is 4.79 Å². The molecule has 1 heterocycles. The van der Waals surface area contributed by atoms with Crippen molar-refractivity contribution in [2.45, 2.75) is 23.8 Å². The lowest BCUT2D eigenvalue weighted by molar-refractivity contribution is -0.274. The Kier molecular flexibility index (Phi) is 4.55. The Hall–Kier alpha value is -0.710. The van der Waals surface area contributed by atoms with Crippen LogP contribution in [0.5, 0.6) is 0 Å². The summed E-state index contributed by atoms with van der Waals surface area (Å²) in [4.78, 5) is 11.1. The van der Waals surface area contributed by atoms with E-state index in [1.54, 1.807) is 0 Å². The second kappa shape index (κ2) is 5.24. The van der Waals surface area contributed by atoms with E-state index in [9.17, 15) is 39.6 Å². The van der Waals surface area contributed by atoms with Crippen molar-refractivity contribution in [3.63, 3.8) is 0 Å². The Balaban J connectivity index is 2.89. The van der Waals surface area contributed by atoms with E-state index >= 15 is 0 Å². The molecular formula is C8H8ClF6NO3S. The Morgan fingerprint density at radius 3 is 1.85 bits per heavy atom. The number of alkyl halides is 7. The fraction of sp³-hybridized carbons (Fsp3) is 0.875. The van der Waals surface area contributed by atoms with Gasteiger partial charge in [0.15, 0.2) is 9.84 Å². The number of carbonyl (C=O) groups excluding carboxylic acids is 1. The van der Waals surface area contributed by atoms with Crippen LogP contribution in [0.4, 0.5) is 26.3 Å². The number of rotatable bonds is 2. The molecular weight excluding hydrogens is 340 g/mol. The molecule has 0 radical (unpaired) electrons. The topological polar surface area (TPSA) is 63.2 Å². The molecule has 1 aliphatic rings. The van der Waals surface area contributed by atoms with Gasteiger partial charge < -0.3 is 5.32 Å². The standard InChI is InChI=1S/C8H8ClF6NO3S/c9-3-1-20(18,19)2-4(3)16-6(17)5(7(10,11)12)8(13,14)15/h3-5H,1-2H2,(H,16,17). The lowest BCUT2D eigenvalue weighted by Gasteiger charge is -2.24. The summed E-state index contributed by atoms with van der Waals surface area (Å²) < 4.78 is 95.8. The molecule has 1 aliphatic heterocycles. The van der Waals surface area contributed by atoms with Gasteiger partial charge in [0.1, 0.15) is 0 Å². The van der Waals surface area contributed by atoms with Crippen molar-refractivity contribution in [1.29, 1.82) is 0 Å². The van der Waals surface area contributed by atoms with Crippen LogP contribution in [-0.2, 0) is 14.6 Å². The normalized spacial score (nSPS) is 26.8. The van der Waals surface area contributed by atoms with Crippen molar-refractivity contribution in [3.8, 4) is 0 Å². The SMILES string of the molecule is O=C(NC1CS(=O)(=O)CC1Cl)C(C(F)(F)F)C(F)(F)F. The number of carbonyl (C=O) groups is 1. The van der Waals surface area contributed by atoms with Crippen LogP contribution in [0.2, 0.25) is 0 Å². The highest BCUT2D eigenvalue weighted by molar-refractivity contribution is 7.91. The largest absolute Gasteiger partial charge is 0.409 e. The monoisotopic (exact) mass is 347 g/mol. The van der Waals surface area contributed by atoms with Crippen molar-refractivity contribution < 1.29 is 39.6 Å². The maximum absolute atomic E-state index is 12.3. The molecule has 0 aromatic carbocycles. The van der Waals surface area contributed by atoms with Gasteiger partial charge in [-0.15, -0.1) is 11.6 Å². The predicted octanol–water partition coefficient (Wildman–Crippen LogP) is 1.25. The van der Waals surface area contributed by atoms with E-state index in [0.717, 1.165) is 0 Å². The molecule has 0 saturated carbocycles. The average Bonchev–Trinajstić information content (AvgIpc) is 2.33. The molecule has 0 spiro atoms. The van der Waals surface area contributed by atoms with Gasteiger partial charge in [0.25, 0.3) is 0 Å². The van der Waals surface area contributed by atoms with Crippen LogP contribution in [0.3, 0.4) is 0 Å². The molecule has 2 atom stereocenters. The van der Waals surface area contributed by atoms with Gasteiger partial charge in [0, 0.05) is 0 Å². The van der Waals surface area contributed by atoms with E-state index in [4.69, 9.17) is 11.6 Å². The van der Waals surface area contributed by atoms with Gasteiger partial charge in [0.05, 0.1) is 22.9 Å². The van der Waals surface area contributed by atoms with Crippen LogP contribution in [0, 0.1) is 5.92 Å². The lowest BCUT2D eigenvalue weighted by Crippen LogP contribution is -2.52. The second-order valence-electron chi connectivity index (χ2n) is 4.22. The molecule has 118 valence electrons. The zero-order chi connectivity index (χ0) is 15.9. The number of hydrogen-bond acceptors (Lipinski definition) is 3. The van der Waals surface area contributed by atoms with Crippen LogP contribution in [0.1, 0.15) is 0 Å². The van der Waals surface area contributed by atoms with E-state index in [0.29, 0.717) is 0 Å². The fourth-order valence-electron chi connectivity index (χ4n) is 1.69. The van der Waals surface area contributed by atoms with Crippen molar-refractivity contribution in [2.24, 2.45) is 5.92 Å². The smallest absolute Gasteiger partial charge is 0.350 e. The third-order valence-electron chi connectivity index (χ3n) is 2.53. The molecule has 2 unspecified atom stereocenters. The van der Waals surface area contributed by atoms with Crippen LogP contribution < -0.4 is 5.32 Å². The minimum Gasteiger partial charge on any atom is -0.350 e. The molecule has 1 amide bonds. The summed E-state index contributed by atoms with van der Waals surface area (Å²) >= 11 is 5.48. The number of sulfone groups is 1. The first-order valence-electron chi connectivity index (χ1n) is 5.02. The fourth-order valence-corrected chi connectivity index (χ4v) is 4.24. The van der Waals surface area contributed by atoms with Gasteiger partial charge in [0.2, 0.25) is 11.8 Å². The maximum Gasteiger partial charge on any atom is 0.409 e. The van der Waals surface area contributed by atoms with E-state index in [2.05, 4.69) is 0 Å². The number of halogens is 7. The third kappa shape index (κ3) is 4.14. The number of hydrogen-bond donors (Lipinski definition) is 1. The maximum atomic E-state index is 12.3. The van der Waals surface area contributed by atoms with Crippen molar-refractivity contribution in [3.05, 3.63) is 0 Å². The molecule has 0 bridgehead atoms. The first-order chi connectivity index (χ1) is 8.74. The Bertz CT molecular complexity index is 473. The molecule has 1 saturated heterocycles. The van der Waals surface area contributed by atoms with Crippen LogP contribution >= 0.6 is 11.6 Å². The summed E-state index contributed by atoms with van der Waals surface area (Å²) in [5.74, 6) is -8.00. The minimum absolute atomic E-state index is 0.623. The lowest BCUT2D eigenvalue weighted by atomic mass is 10.1. The Labute approximate surface area is 114 Å². The van der Waals surface area contributed by atoms with E-state index in [1.165, 1.54) is 5.32 Å². The van der Waals surface area contributed by atoms with Gasteiger partial charge in [-0.05, 0) is 0 Å². The summed E-state index contributed by atoms with van der Waals surface area (Å²) in [6.45, 7) is 0. The molecule has 0 aromatic heterocycles. The van der Waals surface area contributed by atoms with Crippen molar-refractivity contribution >= 4 is 27.3 Å². The summed E-state index contributed by atoms with van der Waals surface area (Å²) in [7, 11) is -3.70. The minimum atomic E-state index is -5.83.